The zero-order chi connectivity index (χ0) is 13.4. The number of aryl methyl sites for hydroxylation is 1. The molecule has 98 valence electrons. The fourth-order valence-corrected chi connectivity index (χ4v) is 1.35. The van der Waals surface area contributed by atoms with Crippen LogP contribution in [0.4, 0.5) is 0 Å². The number of amides is 1. The normalized spacial score (nSPS) is 11.1. The Balaban J connectivity index is 2.40. The third kappa shape index (κ3) is 5.64. The van der Waals surface area contributed by atoms with E-state index in [2.05, 4.69) is 24.5 Å². The lowest BCUT2D eigenvalue weighted by Crippen LogP contribution is -2.23. The van der Waals surface area contributed by atoms with Gasteiger partial charge in [0.05, 0.1) is 6.61 Å². The Morgan fingerprint density at radius 3 is 2.56 bits per heavy atom. The highest BCUT2D eigenvalue weighted by Crippen LogP contribution is 2.06. The van der Waals surface area contributed by atoms with Crippen LogP contribution in [0.2, 0.25) is 0 Å². The van der Waals surface area contributed by atoms with Crippen LogP contribution >= 0.6 is 0 Å². The number of hydrogen-bond acceptors (Lipinski definition) is 2. The molecular formula is C15H21NO2. The summed E-state index contributed by atoms with van der Waals surface area (Å²) in [5.74, 6) is 0.158. The average Bonchev–Trinajstić information content (AvgIpc) is 2.36. The Morgan fingerprint density at radius 1 is 1.33 bits per heavy atom. The first-order chi connectivity index (χ1) is 8.61. The van der Waals surface area contributed by atoms with Crippen molar-refractivity contribution in [3.63, 3.8) is 0 Å². The Bertz CT molecular complexity index is 393. The van der Waals surface area contributed by atoms with Gasteiger partial charge in [-0.2, -0.15) is 0 Å². The van der Waals surface area contributed by atoms with Gasteiger partial charge >= 0.3 is 0 Å². The highest BCUT2D eigenvalue weighted by molar-refractivity contribution is 5.90. The minimum atomic E-state index is -0.241. The van der Waals surface area contributed by atoms with Gasteiger partial charge in [0, 0.05) is 6.08 Å². The van der Waals surface area contributed by atoms with Crippen molar-refractivity contribution in [2.75, 3.05) is 6.61 Å². The molecule has 0 fully saturated rings. The summed E-state index contributed by atoms with van der Waals surface area (Å²) in [5, 5.41) is 0. The van der Waals surface area contributed by atoms with E-state index >= 15 is 0 Å². The molecule has 0 aromatic heterocycles. The molecule has 1 rings (SSSR count). The fourth-order valence-electron chi connectivity index (χ4n) is 1.35. The minimum absolute atomic E-state index is 0.241. The summed E-state index contributed by atoms with van der Waals surface area (Å²) in [7, 11) is 0. The lowest BCUT2D eigenvalue weighted by atomic mass is 10.1. The van der Waals surface area contributed by atoms with Gasteiger partial charge in [0.15, 0.2) is 0 Å². The first-order valence-corrected chi connectivity index (χ1v) is 6.30. The summed E-state index contributed by atoms with van der Waals surface area (Å²) >= 11 is 0. The maximum Gasteiger partial charge on any atom is 0.267 e. The highest BCUT2D eigenvalue weighted by atomic mass is 16.6. The molecule has 1 amide bonds. The van der Waals surface area contributed by atoms with E-state index in [0.717, 1.165) is 12.0 Å². The van der Waals surface area contributed by atoms with E-state index in [-0.39, 0.29) is 5.91 Å². The number of hydroxylamine groups is 1. The molecule has 1 aromatic carbocycles. The van der Waals surface area contributed by atoms with Crippen LogP contribution in [0.1, 0.15) is 31.9 Å². The van der Waals surface area contributed by atoms with Gasteiger partial charge in [-0.25, -0.2) is 5.48 Å². The third-order valence-electron chi connectivity index (χ3n) is 2.40. The maximum atomic E-state index is 11.4. The third-order valence-corrected chi connectivity index (χ3v) is 2.40. The Kier molecular flexibility index (Phi) is 6.15. The van der Waals surface area contributed by atoms with Crippen LogP contribution in [-0.4, -0.2) is 12.5 Å². The Labute approximate surface area is 109 Å². The fraction of sp³-hybridized carbons (Fsp3) is 0.400. The topological polar surface area (TPSA) is 38.3 Å². The largest absolute Gasteiger partial charge is 0.273 e. The monoisotopic (exact) mass is 247 g/mol. The van der Waals surface area contributed by atoms with Crippen molar-refractivity contribution in [1.29, 1.82) is 0 Å². The minimum Gasteiger partial charge on any atom is -0.273 e. The van der Waals surface area contributed by atoms with Gasteiger partial charge in [-0.3, -0.25) is 9.63 Å². The van der Waals surface area contributed by atoms with Crippen LogP contribution in [0.25, 0.3) is 6.08 Å². The molecule has 0 spiro atoms. The van der Waals surface area contributed by atoms with E-state index in [4.69, 9.17) is 4.84 Å². The molecule has 0 saturated carbocycles. The summed E-state index contributed by atoms with van der Waals surface area (Å²) in [5.41, 5.74) is 4.68. The standard InChI is InChI=1S/C15H21NO2/c1-4-13-5-7-14(8-6-13)9-10-15(17)16-18-11-12(2)3/h5-10,12H,4,11H2,1-3H3,(H,16,17)/b10-9+. The average molecular weight is 247 g/mol. The number of nitrogens with one attached hydrogen (secondary N) is 1. The van der Waals surface area contributed by atoms with Crippen LogP contribution in [0.3, 0.4) is 0 Å². The quantitative estimate of drug-likeness (QED) is 0.620. The molecule has 1 N–H and O–H groups in total. The number of carbonyl (C=O) groups excluding carboxylic acids is 1. The summed E-state index contributed by atoms with van der Waals surface area (Å²) in [6.07, 6.45) is 4.27. The van der Waals surface area contributed by atoms with E-state index in [1.807, 2.05) is 26.0 Å². The predicted octanol–water partition coefficient (Wildman–Crippen LogP) is 2.97. The van der Waals surface area contributed by atoms with Crippen molar-refractivity contribution in [1.82, 2.24) is 5.48 Å². The molecule has 0 heterocycles. The highest BCUT2D eigenvalue weighted by Gasteiger charge is 1.97. The second kappa shape index (κ2) is 7.67. The molecular weight excluding hydrogens is 226 g/mol. The van der Waals surface area contributed by atoms with E-state index in [1.165, 1.54) is 11.6 Å². The van der Waals surface area contributed by atoms with Gasteiger partial charge in [0.2, 0.25) is 0 Å². The van der Waals surface area contributed by atoms with E-state index in [1.54, 1.807) is 6.08 Å². The predicted molar refractivity (Wildman–Crippen MR) is 73.8 cm³/mol. The van der Waals surface area contributed by atoms with Gasteiger partial charge in [0.1, 0.15) is 0 Å². The smallest absolute Gasteiger partial charge is 0.267 e. The van der Waals surface area contributed by atoms with Crippen molar-refractivity contribution in [2.45, 2.75) is 27.2 Å². The van der Waals surface area contributed by atoms with Gasteiger partial charge in [0.25, 0.3) is 5.91 Å². The number of carbonyl (C=O) groups is 1. The summed E-state index contributed by atoms with van der Waals surface area (Å²) in [6.45, 7) is 6.68. The molecule has 18 heavy (non-hydrogen) atoms. The van der Waals surface area contributed by atoms with Gasteiger partial charge < -0.3 is 0 Å². The van der Waals surface area contributed by atoms with Gasteiger partial charge in [-0.1, -0.05) is 45.0 Å². The molecule has 3 heteroatoms. The molecule has 0 aliphatic heterocycles. The van der Waals surface area contributed by atoms with E-state index in [0.29, 0.717) is 12.5 Å². The van der Waals surface area contributed by atoms with Crippen molar-refractivity contribution in [3.05, 3.63) is 41.5 Å². The molecule has 0 radical (unpaired) electrons. The zero-order valence-electron chi connectivity index (χ0n) is 11.3. The molecule has 0 bridgehead atoms. The molecule has 3 nitrogen and oxygen atoms in total. The lowest BCUT2D eigenvalue weighted by Gasteiger charge is -2.05. The van der Waals surface area contributed by atoms with Crippen LogP contribution < -0.4 is 5.48 Å². The molecule has 0 atom stereocenters. The van der Waals surface area contributed by atoms with E-state index in [9.17, 15) is 4.79 Å². The molecule has 0 aliphatic carbocycles. The van der Waals surface area contributed by atoms with Gasteiger partial charge in [-0.15, -0.1) is 0 Å². The second-order valence-electron chi connectivity index (χ2n) is 4.60. The number of rotatable bonds is 6. The maximum absolute atomic E-state index is 11.4. The van der Waals surface area contributed by atoms with Crippen LogP contribution in [0.5, 0.6) is 0 Å². The SMILES string of the molecule is CCc1ccc(/C=C/C(=O)NOCC(C)C)cc1. The summed E-state index contributed by atoms with van der Waals surface area (Å²) in [6, 6.07) is 8.12. The first kappa shape index (κ1) is 14.5. The number of hydrogen-bond donors (Lipinski definition) is 1. The van der Waals surface area contributed by atoms with Crippen LogP contribution in [0.15, 0.2) is 30.3 Å². The van der Waals surface area contributed by atoms with Crippen molar-refractivity contribution >= 4 is 12.0 Å². The Hall–Kier alpha value is -1.61. The Morgan fingerprint density at radius 2 is 2.00 bits per heavy atom. The second-order valence-corrected chi connectivity index (χ2v) is 4.60. The van der Waals surface area contributed by atoms with Crippen LogP contribution in [0, 0.1) is 5.92 Å². The molecule has 0 unspecified atom stereocenters. The van der Waals surface area contributed by atoms with Crippen molar-refractivity contribution in [2.24, 2.45) is 5.92 Å². The first-order valence-electron chi connectivity index (χ1n) is 6.30. The van der Waals surface area contributed by atoms with Gasteiger partial charge in [-0.05, 0) is 29.5 Å². The molecule has 0 saturated heterocycles. The van der Waals surface area contributed by atoms with E-state index < -0.39 is 0 Å². The van der Waals surface area contributed by atoms with Crippen molar-refractivity contribution < 1.29 is 9.63 Å². The molecule has 1 aromatic rings. The van der Waals surface area contributed by atoms with Crippen LogP contribution in [-0.2, 0) is 16.1 Å². The number of benzene rings is 1. The van der Waals surface area contributed by atoms with Crippen molar-refractivity contribution in [3.8, 4) is 0 Å². The summed E-state index contributed by atoms with van der Waals surface area (Å²) < 4.78 is 0. The zero-order valence-corrected chi connectivity index (χ0v) is 11.3. The molecule has 0 aliphatic rings. The lowest BCUT2D eigenvalue weighted by molar-refractivity contribution is -0.129. The summed E-state index contributed by atoms with van der Waals surface area (Å²) in [4.78, 5) is 16.4.